The van der Waals surface area contributed by atoms with Crippen LogP contribution in [-0.2, 0) is 16.0 Å². The standard InChI is InChI=1S/C18H19FN4O3S3/c1-2-5-20-16(26)9-28-18-23-22-17(29-18)27-8-14(24)11-6-10-3-4-15(25)21-13(10)7-12(11)19/h6-7H,2-5,8-9H2,1H3,(H,20,26)(H,21,25). The van der Waals surface area contributed by atoms with Gasteiger partial charge in [-0.1, -0.05) is 41.8 Å². The average molecular weight is 455 g/mol. The van der Waals surface area contributed by atoms with Crippen LogP contribution in [-0.4, -0.2) is 45.8 Å². The maximum Gasteiger partial charge on any atom is 0.230 e. The van der Waals surface area contributed by atoms with E-state index in [9.17, 15) is 18.8 Å². The summed E-state index contributed by atoms with van der Waals surface area (Å²) in [7, 11) is 0. The van der Waals surface area contributed by atoms with Gasteiger partial charge in [0.15, 0.2) is 14.5 Å². The van der Waals surface area contributed by atoms with Crippen molar-refractivity contribution >= 4 is 58.1 Å². The van der Waals surface area contributed by atoms with Crippen molar-refractivity contribution in [2.24, 2.45) is 0 Å². The number of nitrogens with zero attached hydrogens (tertiary/aromatic N) is 2. The first-order valence-corrected chi connectivity index (χ1v) is 11.8. The summed E-state index contributed by atoms with van der Waals surface area (Å²) in [6, 6.07) is 2.72. The second kappa shape index (κ2) is 10.2. The molecule has 2 heterocycles. The molecule has 0 spiro atoms. The van der Waals surface area contributed by atoms with Crippen LogP contribution in [0, 0.1) is 5.82 Å². The number of aryl methyl sites for hydroxylation is 1. The van der Waals surface area contributed by atoms with Crippen molar-refractivity contribution in [2.45, 2.75) is 34.9 Å². The molecule has 1 aliphatic heterocycles. The lowest BCUT2D eigenvalue weighted by atomic mass is 9.98. The number of hydrogen-bond donors (Lipinski definition) is 2. The number of nitrogens with one attached hydrogen (secondary N) is 2. The first kappa shape index (κ1) is 21.7. The van der Waals surface area contributed by atoms with Crippen LogP contribution in [0.25, 0.3) is 0 Å². The number of amides is 2. The number of aromatic nitrogens is 2. The van der Waals surface area contributed by atoms with E-state index < -0.39 is 5.82 Å². The van der Waals surface area contributed by atoms with Crippen LogP contribution in [0.2, 0.25) is 0 Å². The zero-order valence-electron chi connectivity index (χ0n) is 15.6. The first-order valence-electron chi connectivity index (χ1n) is 8.97. The molecule has 0 fully saturated rings. The Kier molecular flexibility index (Phi) is 7.62. The predicted octanol–water partition coefficient (Wildman–Crippen LogP) is 3.16. The lowest BCUT2D eigenvalue weighted by Gasteiger charge is -2.17. The molecule has 0 unspecified atom stereocenters. The zero-order chi connectivity index (χ0) is 20.8. The van der Waals surface area contributed by atoms with Crippen molar-refractivity contribution in [3.63, 3.8) is 0 Å². The van der Waals surface area contributed by atoms with E-state index in [1.54, 1.807) is 0 Å². The minimum Gasteiger partial charge on any atom is -0.355 e. The number of hydrogen-bond acceptors (Lipinski definition) is 8. The molecule has 11 heteroatoms. The Morgan fingerprint density at radius 1 is 1.21 bits per heavy atom. The molecule has 7 nitrogen and oxygen atoms in total. The summed E-state index contributed by atoms with van der Waals surface area (Å²) in [6.45, 7) is 2.63. The number of rotatable bonds is 9. The summed E-state index contributed by atoms with van der Waals surface area (Å²) < 4.78 is 15.5. The van der Waals surface area contributed by atoms with Gasteiger partial charge in [0.25, 0.3) is 0 Å². The second-order valence-corrected chi connectivity index (χ2v) is 9.64. The molecule has 0 saturated heterocycles. The maximum atomic E-state index is 14.3. The van der Waals surface area contributed by atoms with Gasteiger partial charge in [-0.05, 0) is 30.5 Å². The SMILES string of the molecule is CCCNC(=O)CSc1nnc(SCC(=O)c2cc3c(cc2F)NC(=O)CC3)s1. The fraction of sp³-hybridized carbons (Fsp3) is 0.389. The van der Waals surface area contributed by atoms with E-state index in [-0.39, 0.29) is 34.7 Å². The Hall–Kier alpha value is -1.98. The lowest BCUT2D eigenvalue weighted by molar-refractivity contribution is -0.118. The smallest absolute Gasteiger partial charge is 0.230 e. The topological polar surface area (TPSA) is 101 Å². The third-order valence-electron chi connectivity index (χ3n) is 4.00. The van der Waals surface area contributed by atoms with E-state index in [0.717, 1.165) is 12.0 Å². The number of fused-ring (bicyclic) bond motifs is 1. The highest BCUT2D eigenvalue weighted by Crippen LogP contribution is 2.30. The van der Waals surface area contributed by atoms with Crippen LogP contribution in [0.1, 0.15) is 35.7 Å². The van der Waals surface area contributed by atoms with E-state index in [4.69, 9.17) is 0 Å². The van der Waals surface area contributed by atoms with Crippen LogP contribution in [0.5, 0.6) is 0 Å². The van der Waals surface area contributed by atoms with E-state index in [0.29, 0.717) is 33.8 Å². The number of anilines is 1. The number of carbonyl (C=O) groups excluding carboxylic acids is 3. The Bertz CT molecular complexity index is 935. The highest BCUT2D eigenvalue weighted by atomic mass is 32.2. The van der Waals surface area contributed by atoms with Crippen molar-refractivity contribution < 1.29 is 18.8 Å². The molecule has 0 bridgehead atoms. The van der Waals surface area contributed by atoms with Gasteiger partial charge in [0, 0.05) is 18.7 Å². The van der Waals surface area contributed by atoms with Gasteiger partial charge >= 0.3 is 0 Å². The normalized spacial score (nSPS) is 13.0. The van der Waals surface area contributed by atoms with Crippen LogP contribution in [0.3, 0.4) is 0 Å². The summed E-state index contributed by atoms with van der Waals surface area (Å²) in [4.78, 5) is 35.5. The Morgan fingerprint density at radius 2 is 1.93 bits per heavy atom. The molecular weight excluding hydrogens is 435 g/mol. The van der Waals surface area contributed by atoms with Gasteiger partial charge in [-0.2, -0.15) is 0 Å². The molecule has 2 aromatic rings. The molecule has 3 rings (SSSR count). The number of Topliss-reactive ketones (excluding diaryl/α,β-unsaturated/α-hetero) is 1. The zero-order valence-corrected chi connectivity index (χ0v) is 18.1. The molecule has 0 saturated carbocycles. The van der Waals surface area contributed by atoms with Crippen molar-refractivity contribution in [1.29, 1.82) is 0 Å². The van der Waals surface area contributed by atoms with Gasteiger partial charge in [0.2, 0.25) is 11.8 Å². The molecular formula is C18H19FN4O3S3. The second-order valence-electron chi connectivity index (χ2n) is 6.22. The largest absolute Gasteiger partial charge is 0.355 e. The average Bonchev–Trinajstić information content (AvgIpc) is 3.16. The highest BCUT2D eigenvalue weighted by molar-refractivity contribution is 8.03. The number of benzene rings is 1. The van der Waals surface area contributed by atoms with Gasteiger partial charge < -0.3 is 10.6 Å². The van der Waals surface area contributed by atoms with Gasteiger partial charge in [-0.15, -0.1) is 10.2 Å². The third-order valence-corrected chi connectivity index (χ3v) is 7.19. The number of carbonyl (C=O) groups is 3. The van der Waals surface area contributed by atoms with E-state index in [1.807, 2.05) is 6.92 Å². The quantitative estimate of drug-likeness (QED) is 0.443. The molecule has 1 aromatic heterocycles. The number of halogens is 1. The Morgan fingerprint density at radius 3 is 2.66 bits per heavy atom. The van der Waals surface area contributed by atoms with Crippen LogP contribution in [0.4, 0.5) is 10.1 Å². The molecule has 0 atom stereocenters. The summed E-state index contributed by atoms with van der Waals surface area (Å²) in [5.41, 5.74) is 1.20. The summed E-state index contributed by atoms with van der Waals surface area (Å²) in [6.07, 6.45) is 1.68. The summed E-state index contributed by atoms with van der Waals surface area (Å²) >= 11 is 3.77. The molecule has 0 radical (unpaired) electrons. The maximum absolute atomic E-state index is 14.3. The van der Waals surface area contributed by atoms with E-state index in [1.165, 1.54) is 47.0 Å². The van der Waals surface area contributed by atoms with E-state index >= 15 is 0 Å². The minimum absolute atomic E-state index is 0.0131. The van der Waals surface area contributed by atoms with Crippen molar-refractivity contribution in [3.8, 4) is 0 Å². The monoisotopic (exact) mass is 454 g/mol. The molecule has 2 amide bonds. The van der Waals surface area contributed by atoms with Crippen molar-refractivity contribution in [1.82, 2.24) is 15.5 Å². The third kappa shape index (κ3) is 6.00. The number of thioether (sulfide) groups is 2. The molecule has 0 aliphatic carbocycles. The highest BCUT2D eigenvalue weighted by Gasteiger charge is 2.21. The summed E-state index contributed by atoms with van der Waals surface area (Å²) in [5, 5.41) is 13.4. The Labute approximate surface area is 179 Å². The van der Waals surface area contributed by atoms with Gasteiger partial charge in [-0.25, -0.2) is 4.39 Å². The predicted molar refractivity (Wildman–Crippen MR) is 112 cm³/mol. The molecule has 29 heavy (non-hydrogen) atoms. The fourth-order valence-electron chi connectivity index (χ4n) is 2.58. The summed E-state index contributed by atoms with van der Waals surface area (Å²) in [5.74, 6) is -0.929. The van der Waals surface area contributed by atoms with Crippen molar-refractivity contribution in [3.05, 3.63) is 29.1 Å². The Balaban J connectivity index is 1.54. The van der Waals surface area contributed by atoms with Crippen LogP contribution in [0.15, 0.2) is 20.8 Å². The first-order chi connectivity index (χ1) is 14.0. The van der Waals surface area contributed by atoms with Crippen LogP contribution < -0.4 is 10.6 Å². The molecule has 154 valence electrons. The lowest BCUT2D eigenvalue weighted by Crippen LogP contribution is -2.25. The van der Waals surface area contributed by atoms with E-state index in [2.05, 4.69) is 20.8 Å². The molecule has 1 aromatic carbocycles. The van der Waals surface area contributed by atoms with Gasteiger partial charge in [-0.3, -0.25) is 14.4 Å². The number of ketones is 1. The minimum atomic E-state index is -0.650. The van der Waals surface area contributed by atoms with Gasteiger partial charge in [0.1, 0.15) is 5.82 Å². The van der Waals surface area contributed by atoms with Crippen molar-refractivity contribution in [2.75, 3.05) is 23.4 Å². The fourth-order valence-corrected chi connectivity index (χ4v) is 5.31. The molecule has 2 N–H and O–H groups in total. The van der Waals surface area contributed by atoms with Crippen LogP contribution >= 0.6 is 34.9 Å². The molecule has 1 aliphatic rings. The van der Waals surface area contributed by atoms with Gasteiger partial charge in [0.05, 0.1) is 17.1 Å².